The van der Waals surface area contributed by atoms with Crippen molar-refractivity contribution in [3.8, 4) is 0 Å². The van der Waals surface area contributed by atoms with Gasteiger partial charge in [-0.15, -0.1) is 0 Å². The maximum atomic E-state index is 13.4. The Morgan fingerprint density at radius 2 is 1.79 bits per heavy atom. The van der Waals surface area contributed by atoms with Crippen LogP contribution in [0.4, 0.5) is 27.6 Å². The van der Waals surface area contributed by atoms with Crippen molar-refractivity contribution >= 4 is 17.5 Å². The molecule has 1 saturated carbocycles. The summed E-state index contributed by atoms with van der Waals surface area (Å²) in [4.78, 5) is 23.4. The van der Waals surface area contributed by atoms with Gasteiger partial charge in [-0.05, 0) is 31.4 Å². The summed E-state index contributed by atoms with van der Waals surface area (Å²) in [5, 5.41) is 4.18. The molecular weight excluding hydrogens is 335 g/mol. The fraction of sp³-hybridized carbons (Fsp3) is 0.467. The molecule has 0 spiro atoms. The number of carbonyl (C=O) groups excluding carboxylic acids is 2. The molecule has 0 aliphatic heterocycles. The van der Waals surface area contributed by atoms with E-state index in [0.29, 0.717) is 12.5 Å². The summed E-state index contributed by atoms with van der Waals surface area (Å²) in [7, 11) is 0. The first-order chi connectivity index (χ1) is 11.2. The molecule has 4 nitrogen and oxygen atoms in total. The van der Waals surface area contributed by atoms with E-state index in [-0.39, 0.29) is 19.3 Å². The van der Waals surface area contributed by atoms with E-state index in [4.69, 9.17) is 0 Å². The van der Waals surface area contributed by atoms with Crippen molar-refractivity contribution < 1.29 is 31.5 Å². The van der Waals surface area contributed by atoms with Crippen LogP contribution in [0, 0.1) is 17.6 Å². The van der Waals surface area contributed by atoms with E-state index in [1.807, 2.05) is 5.32 Å². The van der Waals surface area contributed by atoms with Crippen molar-refractivity contribution in [1.29, 1.82) is 0 Å². The summed E-state index contributed by atoms with van der Waals surface area (Å²) in [6, 6.07) is 1.59. The zero-order chi connectivity index (χ0) is 17.9. The van der Waals surface area contributed by atoms with Gasteiger partial charge in [-0.3, -0.25) is 9.59 Å². The number of rotatable bonds is 2. The van der Waals surface area contributed by atoms with E-state index in [1.165, 1.54) is 0 Å². The van der Waals surface area contributed by atoms with Gasteiger partial charge in [-0.25, -0.2) is 8.78 Å². The van der Waals surface area contributed by atoms with Gasteiger partial charge in [0.15, 0.2) is 0 Å². The van der Waals surface area contributed by atoms with Gasteiger partial charge in [0.2, 0.25) is 0 Å². The highest BCUT2D eigenvalue weighted by Crippen LogP contribution is 2.37. The van der Waals surface area contributed by atoms with Crippen molar-refractivity contribution in [2.45, 2.75) is 37.9 Å². The zero-order valence-corrected chi connectivity index (χ0v) is 12.4. The number of amides is 2. The molecule has 9 heteroatoms. The lowest BCUT2D eigenvalue weighted by Gasteiger charge is -2.30. The normalized spacial score (nSPS) is 21.2. The van der Waals surface area contributed by atoms with Gasteiger partial charge in [-0.2, -0.15) is 13.2 Å². The molecule has 2 atom stereocenters. The minimum absolute atomic E-state index is 0.0111. The smallest absolute Gasteiger partial charge is 0.345 e. The molecule has 1 aliphatic carbocycles. The van der Waals surface area contributed by atoms with Gasteiger partial charge in [0.05, 0.1) is 11.6 Å². The van der Waals surface area contributed by atoms with Crippen LogP contribution in [0.1, 0.15) is 25.7 Å². The van der Waals surface area contributed by atoms with Gasteiger partial charge >= 0.3 is 18.0 Å². The quantitative estimate of drug-likeness (QED) is 0.636. The van der Waals surface area contributed by atoms with Gasteiger partial charge in [-0.1, -0.05) is 6.42 Å². The minimum atomic E-state index is -4.34. The van der Waals surface area contributed by atoms with Crippen LogP contribution in [0.3, 0.4) is 0 Å². The summed E-state index contributed by atoms with van der Waals surface area (Å²) in [6.45, 7) is 0. The van der Waals surface area contributed by atoms with Crippen molar-refractivity contribution in [3.63, 3.8) is 0 Å². The third kappa shape index (κ3) is 4.65. The van der Waals surface area contributed by atoms with Crippen LogP contribution in [0.5, 0.6) is 0 Å². The molecule has 0 radical (unpaired) electrons. The molecule has 0 aromatic heterocycles. The highest BCUT2D eigenvalue weighted by atomic mass is 19.4. The monoisotopic (exact) mass is 350 g/mol. The Morgan fingerprint density at radius 1 is 1.08 bits per heavy atom. The summed E-state index contributed by atoms with van der Waals surface area (Å²) in [5.41, 5.74) is -0.395. The van der Waals surface area contributed by atoms with E-state index in [1.54, 1.807) is 0 Å². The van der Waals surface area contributed by atoms with Gasteiger partial charge in [0.25, 0.3) is 0 Å². The molecule has 0 bridgehead atoms. The van der Waals surface area contributed by atoms with Crippen LogP contribution in [0.25, 0.3) is 0 Å². The Kier molecular flexibility index (Phi) is 5.40. The maximum absolute atomic E-state index is 13.4. The van der Waals surface area contributed by atoms with Crippen LogP contribution in [-0.4, -0.2) is 24.0 Å². The van der Waals surface area contributed by atoms with E-state index in [0.717, 1.165) is 12.1 Å². The highest BCUT2D eigenvalue weighted by Gasteiger charge is 2.42. The number of alkyl halides is 3. The molecule has 1 aliphatic rings. The molecule has 0 saturated heterocycles. The summed E-state index contributed by atoms with van der Waals surface area (Å²) >= 11 is 0. The average Bonchev–Trinajstić information content (AvgIpc) is 2.49. The molecule has 2 unspecified atom stereocenters. The summed E-state index contributed by atoms with van der Waals surface area (Å²) in [6.07, 6.45) is -4.04. The predicted octanol–water partition coefficient (Wildman–Crippen LogP) is 3.14. The molecule has 1 fully saturated rings. The van der Waals surface area contributed by atoms with Crippen molar-refractivity contribution in [3.05, 3.63) is 29.8 Å². The standard InChI is InChI=1S/C15H15F5N2O2/c16-9-4-5-12(11(17)7-9)22-14(24)13(23)21-10-3-1-2-8(6-10)15(18,19)20/h4-5,7-8,10H,1-3,6H2,(H,21,23)(H,22,24). The zero-order valence-electron chi connectivity index (χ0n) is 12.4. The lowest BCUT2D eigenvalue weighted by atomic mass is 9.85. The van der Waals surface area contributed by atoms with Crippen LogP contribution in [0.15, 0.2) is 18.2 Å². The molecule has 1 aromatic rings. The van der Waals surface area contributed by atoms with E-state index < -0.39 is 47.3 Å². The lowest BCUT2D eigenvalue weighted by molar-refractivity contribution is -0.184. The topological polar surface area (TPSA) is 58.2 Å². The van der Waals surface area contributed by atoms with E-state index in [2.05, 4.69) is 5.32 Å². The minimum Gasteiger partial charge on any atom is -0.345 e. The number of halogens is 5. The van der Waals surface area contributed by atoms with E-state index in [9.17, 15) is 31.5 Å². The first-order valence-electron chi connectivity index (χ1n) is 7.30. The van der Waals surface area contributed by atoms with Crippen LogP contribution >= 0.6 is 0 Å². The van der Waals surface area contributed by atoms with Crippen molar-refractivity contribution in [1.82, 2.24) is 5.32 Å². The Balaban J connectivity index is 1.93. The molecule has 132 valence electrons. The second-order valence-corrected chi connectivity index (χ2v) is 5.65. The summed E-state index contributed by atoms with van der Waals surface area (Å²) in [5.74, 6) is -5.82. The molecule has 0 heterocycles. The average molecular weight is 350 g/mol. The first-order valence-corrected chi connectivity index (χ1v) is 7.30. The van der Waals surface area contributed by atoms with Crippen molar-refractivity contribution in [2.75, 3.05) is 5.32 Å². The molecule has 2 rings (SSSR count). The molecule has 2 N–H and O–H groups in total. The third-order valence-corrected chi connectivity index (χ3v) is 3.86. The van der Waals surface area contributed by atoms with Crippen LogP contribution in [0.2, 0.25) is 0 Å². The number of benzene rings is 1. The fourth-order valence-corrected chi connectivity index (χ4v) is 2.64. The number of anilines is 1. The Morgan fingerprint density at radius 3 is 2.42 bits per heavy atom. The summed E-state index contributed by atoms with van der Waals surface area (Å²) < 4.78 is 64.3. The number of hydrogen-bond acceptors (Lipinski definition) is 2. The number of hydrogen-bond donors (Lipinski definition) is 2. The maximum Gasteiger partial charge on any atom is 0.391 e. The lowest BCUT2D eigenvalue weighted by Crippen LogP contribution is -2.45. The van der Waals surface area contributed by atoms with Crippen LogP contribution < -0.4 is 10.6 Å². The molecule has 1 aromatic carbocycles. The number of carbonyl (C=O) groups is 2. The Hall–Kier alpha value is -2.19. The second kappa shape index (κ2) is 7.14. The molecule has 2 amide bonds. The SMILES string of the molecule is O=C(Nc1ccc(F)cc1F)C(=O)NC1CCCC(C(F)(F)F)C1. The Labute approximate surface area is 134 Å². The largest absolute Gasteiger partial charge is 0.391 e. The Bertz CT molecular complexity index is 633. The molecule has 24 heavy (non-hydrogen) atoms. The molecular formula is C15H15F5N2O2. The van der Waals surface area contributed by atoms with Gasteiger partial charge in [0.1, 0.15) is 11.6 Å². The predicted molar refractivity (Wildman–Crippen MR) is 74.9 cm³/mol. The first kappa shape index (κ1) is 18.2. The van der Waals surface area contributed by atoms with Crippen LogP contribution in [-0.2, 0) is 9.59 Å². The fourth-order valence-electron chi connectivity index (χ4n) is 2.64. The number of nitrogens with one attached hydrogen (secondary N) is 2. The van der Waals surface area contributed by atoms with Gasteiger partial charge < -0.3 is 10.6 Å². The van der Waals surface area contributed by atoms with E-state index >= 15 is 0 Å². The van der Waals surface area contributed by atoms with Crippen molar-refractivity contribution in [2.24, 2.45) is 5.92 Å². The highest BCUT2D eigenvalue weighted by molar-refractivity contribution is 6.39. The van der Waals surface area contributed by atoms with Gasteiger partial charge in [0, 0.05) is 12.1 Å². The third-order valence-electron chi connectivity index (χ3n) is 3.86. The second-order valence-electron chi connectivity index (χ2n) is 5.65.